The summed E-state index contributed by atoms with van der Waals surface area (Å²) in [5.74, 6) is -0.905. The lowest BCUT2D eigenvalue weighted by atomic mass is 10.1. The summed E-state index contributed by atoms with van der Waals surface area (Å²) in [6, 6.07) is 6.96. The van der Waals surface area contributed by atoms with Gasteiger partial charge in [0.2, 0.25) is 0 Å². The van der Waals surface area contributed by atoms with E-state index in [0.29, 0.717) is 17.8 Å². The number of anilines is 1. The van der Waals surface area contributed by atoms with E-state index >= 15 is 0 Å². The van der Waals surface area contributed by atoms with Crippen molar-refractivity contribution < 1.29 is 9.90 Å². The fraction of sp³-hybridized carbons (Fsp3) is 0.353. The maximum absolute atomic E-state index is 11.1. The molecule has 1 aromatic carbocycles. The largest absolute Gasteiger partial charge is 0.478 e. The zero-order valence-corrected chi connectivity index (χ0v) is 12.4. The molecule has 0 bridgehead atoms. The first kappa shape index (κ1) is 16.0. The van der Waals surface area contributed by atoms with Crippen molar-refractivity contribution in [2.45, 2.75) is 33.6 Å². The molecule has 3 nitrogen and oxygen atoms in total. The van der Waals surface area contributed by atoms with Crippen LogP contribution in [0.2, 0.25) is 0 Å². The molecule has 0 aliphatic heterocycles. The van der Waals surface area contributed by atoms with Crippen molar-refractivity contribution in [3.8, 4) is 0 Å². The van der Waals surface area contributed by atoms with Crippen molar-refractivity contribution in [3.05, 3.63) is 53.1 Å². The highest BCUT2D eigenvalue weighted by Crippen LogP contribution is 2.15. The van der Waals surface area contributed by atoms with Crippen LogP contribution in [-0.4, -0.2) is 17.6 Å². The van der Waals surface area contributed by atoms with Gasteiger partial charge in [-0.1, -0.05) is 35.4 Å². The van der Waals surface area contributed by atoms with Crippen LogP contribution in [0.4, 0.5) is 5.69 Å². The van der Waals surface area contributed by atoms with Crippen LogP contribution in [0, 0.1) is 0 Å². The van der Waals surface area contributed by atoms with Crippen molar-refractivity contribution in [1.82, 2.24) is 0 Å². The Morgan fingerprint density at radius 3 is 2.55 bits per heavy atom. The van der Waals surface area contributed by atoms with Crippen molar-refractivity contribution >= 4 is 11.7 Å². The Kier molecular flexibility index (Phi) is 6.57. The molecule has 1 rings (SSSR count). The summed E-state index contributed by atoms with van der Waals surface area (Å²) in [6.07, 6.45) is 6.42. The van der Waals surface area contributed by atoms with Gasteiger partial charge >= 0.3 is 5.97 Å². The normalized spacial score (nSPS) is 11.1. The topological polar surface area (TPSA) is 49.3 Å². The highest BCUT2D eigenvalue weighted by molar-refractivity contribution is 5.94. The molecule has 0 aliphatic rings. The van der Waals surface area contributed by atoms with E-state index in [4.69, 9.17) is 5.11 Å². The van der Waals surface area contributed by atoms with Gasteiger partial charge in [0.1, 0.15) is 0 Å². The van der Waals surface area contributed by atoms with Crippen LogP contribution in [0.3, 0.4) is 0 Å². The van der Waals surface area contributed by atoms with Gasteiger partial charge in [-0.3, -0.25) is 0 Å². The number of carboxylic acids is 1. The predicted molar refractivity (Wildman–Crippen MR) is 84.3 cm³/mol. The van der Waals surface area contributed by atoms with Crippen LogP contribution >= 0.6 is 0 Å². The zero-order chi connectivity index (χ0) is 15.0. The molecule has 1 aromatic rings. The van der Waals surface area contributed by atoms with Crippen molar-refractivity contribution in [2.24, 2.45) is 0 Å². The van der Waals surface area contributed by atoms with Gasteiger partial charge in [-0.2, -0.15) is 0 Å². The summed E-state index contributed by atoms with van der Waals surface area (Å²) in [4.78, 5) is 11.1. The molecule has 0 heterocycles. The third-order valence-corrected chi connectivity index (χ3v) is 2.99. The summed E-state index contributed by atoms with van der Waals surface area (Å²) in [6.45, 7) is 6.95. The van der Waals surface area contributed by atoms with E-state index in [1.165, 1.54) is 11.1 Å². The number of carboxylic acid groups (broad SMARTS) is 1. The predicted octanol–water partition coefficient (Wildman–Crippen LogP) is 4.49. The third-order valence-electron chi connectivity index (χ3n) is 2.99. The summed E-state index contributed by atoms with van der Waals surface area (Å²) in [5.41, 5.74) is 3.62. The number of benzene rings is 1. The molecule has 108 valence electrons. The average Bonchev–Trinajstić information content (AvgIpc) is 2.38. The van der Waals surface area contributed by atoms with E-state index in [9.17, 15) is 4.79 Å². The first-order valence-electron chi connectivity index (χ1n) is 6.86. The molecule has 0 saturated heterocycles. The second kappa shape index (κ2) is 8.20. The second-order valence-corrected chi connectivity index (χ2v) is 5.10. The van der Waals surface area contributed by atoms with Crippen molar-refractivity contribution in [1.29, 1.82) is 0 Å². The van der Waals surface area contributed by atoms with Gasteiger partial charge in [-0.15, -0.1) is 0 Å². The Labute approximate surface area is 121 Å². The van der Waals surface area contributed by atoms with Crippen LogP contribution in [0.5, 0.6) is 0 Å². The minimum Gasteiger partial charge on any atom is -0.478 e. The van der Waals surface area contributed by atoms with Gasteiger partial charge in [0.15, 0.2) is 0 Å². The summed E-state index contributed by atoms with van der Waals surface area (Å²) in [5, 5.41) is 12.2. The second-order valence-electron chi connectivity index (χ2n) is 5.10. The van der Waals surface area contributed by atoms with E-state index in [1.54, 1.807) is 18.2 Å². The molecule has 0 atom stereocenters. The van der Waals surface area contributed by atoms with E-state index in [-0.39, 0.29) is 0 Å². The molecule has 0 aliphatic carbocycles. The van der Waals surface area contributed by atoms with Crippen LogP contribution in [0.15, 0.2) is 47.6 Å². The van der Waals surface area contributed by atoms with Gasteiger partial charge in [0.25, 0.3) is 0 Å². The molecule has 0 spiro atoms. The van der Waals surface area contributed by atoms with E-state index in [2.05, 4.69) is 38.2 Å². The number of hydrogen-bond donors (Lipinski definition) is 2. The molecular weight excluding hydrogens is 250 g/mol. The summed E-state index contributed by atoms with van der Waals surface area (Å²) < 4.78 is 0. The van der Waals surface area contributed by atoms with Gasteiger partial charge < -0.3 is 10.4 Å². The Morgan fingerprint density at radius 1 is 1.20 bits per heavy atom. The molecule has 0 saturated carbocycles. The van der Waals surface area contributed by atoms with E-state index in [0.717, 1.165) is 12.8 Å². The molecule has 20 heavy (non-hydrogen) atoms. The van der Waals surface area contributed by atoms with Crippen LogP contribution in [0.1, 0.15) is 44.0 Å². The van der Waals surface area contributed by atoms with Crippen molar-refractivity contribution in [2.75, 3.05) is 11.9 Å². The first-order chi connectivity index (χ1) is 9.50. The van der Waals surface area contributed by atoms with E-state index < -0.39 is 5.97 Å². The Balaban J connectivity index is 2.51. The summed E-state index contributed by atoms with van der Waals surface area (Å²) >= 11 is 0. The number of aromatic carboxylic acids is 1. The van der Waals surface area contributed by atoms with Gasteiger partial charge in [0, 0.05) is 12.2 Å². The highest BCUT2D eigenvalue weighted by Gasteiger charge is 2.07. The molecule has 0 unspecified atom stereocenters. The minimum atomic E-state index is -0.905. The van der Waals surface area contributed by atoms with Gasteiger partial charge in [-0.25, -0.2) is 4.79 Å². The molecular formula is C17H23NO2. The van der Waals surface area contributed by atoms with Crippen LogP contribution < -0.4 is 5.32 Å². The number of hydrogen-bond acceptors (Lipinski definition) is 2. The number of para-hydroxylation sites is 1. The Morgan fingerprint density at radius 2 is 1.90 bits per heavy atom. The quantitative estimate of drug-likeness (QED) is 0.720. The molecule has 0 amide bonds. The van der Waals surface area contributed by atoms with Crippen molar-refractivity contribution in [3.63, 3.8) is 0 Å². The van der Waals surface area contributed by atoms with Gasteiger partial charge in [0.05, 0.1) is 5.56 Å². The fourth-order valence-corrected chi connectivity index (χ4v) is 1.85. The summed E-state index contributed by atoms with van der Waals surface area (Å²) in [7, 11) is 0. The molecule has 0 radical (unpaired) electrons. The zero-order valence-electron chi connectivity index (χ0n) is 12.4. The van der Waals surface area contributed by atoms with Crippen LogP contribution in [-0.2, 0) is 0 Å². The smallest absolute Gasteiger partial charge is 0.337 e. The lowest BCUT2D eigenvalue weighted by molar-refractivity contribution is 0.0698. The van der Waals surface area contributed by atoms with E-state index in [1.807, 2.05) is 6.07 Å². The minimum absolute atomic E-state index is 0.308. The Bertz CT molecular complexity index is 511. The highest BCUT2D eigenvalue weighted by atomic mass is 16.4. The fourth-order valence-electron chi connectivity index (χ4n) is 1.85. The maximum Gasteiger partial charge on any atom is 0.337 e. The lowest BCUT2D eigenvalue weighted by Gasteiger charge is -2.07. The number of rotatable bonds is 7. The van der Waals surface area contributed by atoms with Crippen LogP contribution in [0.25, 0.3) is 0 Å². The number of nitrogens with one attached hydrogen (secondary N) is 1. The number of carbonyl (C=O) groups is 1. The average molecular weight is 273 g/mol. The Hall–Kier alpha value is -2.03. The standard InChI is InChI=1S/C17H23NO2/c1-13(2)7-6-8-14(3)11-12-18-16-10-5-4-9-15(16)17(19)20/h4-5,7,9-11,18H,6,8,12H2,1-3H3,(H,19,20)/b14-11+. The molecule has 2 N–H and O–H groups in total. The lowest BCUT2D eigenvalue weighted by Crippen LogP contribution is -2.06. The maximum atomic E-state index is 11.1. The molecule has 0 fully saturated rings. The molecule has 3 heteroatoms. The number of allylic oxidation sites excluding steroid dienone is 3. The molecule has 0 aromatic heterocycles. The SMILES string of the molecule is CC(C)=CCC/C(C)=C/CNc1ccccc1C(=O)O. The monoisotopic (exact) mass is 273 g/mol. The third kappa shape index (κ3) is 5.74. The van der Waals surface area contributed by atoms with Gasteiger partial charge in [-0.05, 0) is 45.7 Å². The first-order valence-corrected chi connectivity index (χ1v) is 6.86.